The Morgan fingerprint density at radius 2 is 2.00 bits per heavy atom. The molecule has 3 unspecified atom stereocenters. The molecule has 1 fully saturated rings. The molecule has 1 aliphatic heterocycles. The molecule has 0 spiro atoms. The normalized spacial score (nSPS) is 27.9. The lowest BCUT2D eigenvalue weighted by Crippen LogP contribution is -2.36. The molecule has 0 bridgehead atoms. The van der Waals surface area contributed by atoms with Crippen molar-refractivity contribution in [3.8, 4) is 0 Å². The summed E-state index contributed by atoms with van der Waals surface area (Å²) < 4.78 is 22.0. The van der Waals surface area contributed by atoms with E-state index in [1.54, 1.807) is 0 Å². The van der Waals surface area contributed by atoms with Crippen LogP contribution in [0.3, 0.4) is 0 Å². The third-order valence-electron chi connectivity index (χ3n) is 2.89. The zero-order valence-corrected chi connectivity index (χ0v) is 12.9. The predicted octanol–water partition coefficient (Wildman–Crippen LogP) is 1.80. The Bertz CT molecular complexity index is 316. The van der Waals surface area contributed by atoms with E-state index in [9.17, 15) is 13.5 Å². The van der Waals surface area contributed by atoms with Crippen LogP contribution in [0.1, 0.15) is 26.2 Å². The summed E-state index contributed by atoms with van der Waals surface area (Å²) in [5.74, 6) is 2.44. The molecule has 0 radical (unpaired) electrons. The summed E-state index contributed by atoms with van der Waals surface area (Å²) in [4.78, 5) is 0. The van der Waals surface area contributed by atoms with Gasteiger partial charge in [0, 0.05) is 34.0 Å². The summed E-state index contributed by atoms with van der Waals surface area (Å²) in [7, 11) is -2.89. The van der Waals surface area contributed by atoms with E-state index in [0.717, 1.165) is 17.9 Å². The molecule has 0 aromatic carbocycles. The van der Waals surface area contributed by atoms with E-state index in [4.69, 9.17) is 0 Å². The lowest BCUT2D eigenvalue weighted by Gasteiger charge is -2.33. The van der Waals surface area contributed by atoms with Gasteiger partial charge in [0.2, 0.25) is 0 Å². The Hall–Kier alpha value is 0.610. The van der Waals surface area contributed by atoms with Crippen molar-refractivity contribution < 1.29 is 13.5 Å². The average molecular weight is 298 g/mol. The van der Waals surface area contributed by atoms with Crippen molar-refractivity contribution in [3.63, 3.8) is 0 Å². The zero-order valence-electron chi connectivity index (χ0n) is 10.5. The molecular formula is C11H22O3S3. The summed E-state index contributed by atoms with van der Waals surface area (Å²) in [6, 6.07) is 0. The monoisotopic (exact) mass is 298 g/mol. The van der Waals surface area contributed by atoms with Gasteiger partial charge in [-0.05, 0) is 19.3 Å². The Kier molecular flexibility index (Phi) is 6.69. The van der Waals surface area contributed by atoms with Crippen LogP contribution in [-0.2, 0) is 9.84 Å². The number of rotatable bonds is 6. The summed E-state index contributed by atoms with van der Waals surface area (Å²) in [6.45, 7) is 2.15. The lowest BCUT2D eigenvalue weighted by molar-refractivity contribution is 0.158. The first-order valence-electron chi connectivity index (χ1n) is 6.03. The molecule has 1 saturated heterocycles. The minimum atomic E-state index is -2.89. The molecule has 0 aromatic rings. The molecular weight excluding hydrogens is 276 g/mol. The van der Waals surface area contributed by atoms with Gasteiger partial charge in [0.25, 0.3) is 0 Å². The topological polar surface area (TPSA) is 54.4 Å². The van der Waals surface area contributed by atoms with Crippen molar-refractivity contribution >= 4 is 33.4 Å². The molecule has 1 aliphatic rings. The maximum Gasteiger partial charge on any atom is 0.147 e. The number of sulfone groups is 1. The molecule has 0 aromatic heterocycles. The van der Waals surface area contributed by atoms with E-state index in [-0.39, 0.29) is 17.1 Å². The minimum absolute atomic E-state index is 0.186. The highest BCUT2D eigenvalue weighted by molar-refractivity contribution is 8.07. The Labute approximate surface area is 113 Å². The third kappa shape index (κ3) is 5.85. The first-order chi connectivity index (χ1) is 7.94. The molecule has 102 valence electrons. The first kappa shape index (κ1) is 15.7. The first-order valence-corrected chi connectivity index (χ1v) is 10.2. The smallest absolute Gasteiger partial charge is 0.147 e. The molecule has 0 saturated carbocycles. The molecule has 0 amide bonds. The third-order valence-corrected chi connectivity index (χ3v) is 7.31. The van der Waals surface area contributed by atoms with Gasteiger partial charge in [-0.15, -0.1) is 0 Å². The van der Waals surface area contributed by atoms with Gasteiger partial charge in [-0.2, -0.15) is 23.5 Å². The highest BCUT2D eigenvalue weighted by Crippen LogP contribution is 2.36. The fourth-order valence-corrected chi connectivity index (χ4v) is 5.89. The van der Waals surface area contributed by atoms with Crippen LogP contribution in [0.15, 0.2) is 0 Å². The second-order valence-corrected chi connectivity index (χ2v) is 9.39. The van der Waals surface area contributed by atoms with E-state index < -0.39 is 9.84 Å². The Morgan fingerprint density at radius 3 is 2.59 bits per heavy atom. The number of hydrogen-bond acceptors (Lipinski definition) is 5. The van der Waals surface area contributed by atoms with Gasteiger partial charge >= 0.3 is 0 Å². The number of aliphatic hydroxyl groups is 1. The van der Waals surface area contributed by atoms with E-state index in [2.05, 4.69) is 6.92 Å². The molecule has 0 aliphatic carbocycles. The van der Waals surface area contributed by atoms with E-state index in [1.807, 2.05) is 23.5 Å². The van der Waals surface area contributed by atoms with Crippen LogP contribution in [0.25, 0.3) is 0 Å². The summed E-state index contributed by atoms with van der Waals surface area (Å²) >= 11 is 3.78. The largest absolute Gasteiger partial charge is 0.392 e. The van der Waals surface area contributed by atoms with Gasteiger partial charge in [0.1, 0.15) is 9.84 Å². The highest BCUT2D eigenvalue weighted by atomic mass is 32.2. The lowest BCUT2D eigenvalue weighted by atomic mass is 10.1. The average Bonchev–Trinajstić information content (AvgIpc) is 2.27. The predicted molar refractivity (Wildman–Crippen MR) is 77.7 cm³/mol. The molecule has 17 heavy (non-hydrogen) atoms. The van der Waals surface area contributed by atoms with Crippen LogP contribution in [0, 0.1) is 0 Å². The number of hydrogen-bond donors (Lipinski definition) is 1. The Morgan fingerprint density at radius 1 is 1.35 bits per heavy atom. The second kappa shape index (κ2) is 7.26. The van der Waals surface area contributed by atoms with Crippen LogP contribution >= 0.6 is 23.5 Å². The van der Waals surface area contributed by atoms with Crippen LogP contribution < -0.4 is 0 Å². The molecule has 1 rings (SSSR count). The maximum absolute atomic E-state index is 11.0. The molecule has 3 nitrogen and oxygen atoms in total. The Balaban J connectivity index is 2.37. The van der Waals surface area contributed by atoms with Crippen molar-refractivity contribution in [1.82, 2.24) is 0 Å². The van der Waals surface area contributed by atoms with Crippen molar-refractivity contribution in [2.75, 3.05) is 23.5 Å². The molecule has 1 heterocycles. The van der Waals surface area contributed by atoms with Crippen molar-refractivity contribution in [1.29, 1.82) is 0 Å². The summed E-state index contributed by atoms with van der Waals surface area (Å²) in [5, 5.41) is 10.9. The molecule has 6 heteroatoms. The zero-order chi connectivity index (χ0) is 12.9. The van der Waals surface area contributed by atoms with Crippen molar-refractivity contribution in [2.24, 2.45) is 0 Å². The van der Waals surface area contributed by atoms with Crippen LogP contribution in [0.5, 0.6) is 0 Å². The van der Waals surface area contributed by atoms with Gasteiger partial charge in [-0.1, -0.05) is 6.92 Å². The molecule has 1 N–H and O–H groups in total. The fraction of sp³-hybridized carbons (Fsp3) is 1.00. The van der Waals surface area contributed by atoms with Gasteiger partial charge in [-0.25, -0.2) is 8.42 Å². The standard InChI is InChI=1S/C11H22O3S3/c1-3-10-11(16-7-6-15-10)9(12)5-4-8-17(2,13)14/h9-12H,3-8H2,1-2H3. The van der Waals surface area contributed by atoms with Crippen molar-refractivity contribution in [3.05, 3.63) is 0 Å². The molecule has 3 atom stereocenters. The van der Waals surface area contributed by atoms with E-state index in [1.165, 1.54) is 6.26 Å². The highest BCUT2D eigenvalue weighted by Gasteiger charge is 2.30. The van der Waals surface area contributed by atoms with Gasteiger partial charge < -0.3 is 5.11 Å². The van der Waals surface area contributed by atoms with Gasteiger partial charge in [0.15, 0.2) is 0 Å². The number of aliphatic hydroxyl groups excluding tert-OH is 1. The quantitative estimate of drug-likeness (QED) is 0.810. The van der Waals surface area contributed by atoms with Crippen LogP contribution in [0.4, 0.5) is 0 Å². The number of thioether (sulfide) groups is 2. The van der Waals surface area contributed by atoms with E-state index >= 15 is 0 Å². The van der Waals surface area contributed by atoms with Gasteiger partial charge in [-0.3, -0.25) is 0 Å². The van der Waals surface area contributed by atoms with Crippen molar-refractivity contribution in [2.45, 2.75) is 42.8 Å². The van der Waals surface area contributed by atoms with Crippen LogP contribution in [-0.4, -0.2) is 53.6 Å². The maximum atomic E-state index is 11.0. The minimum Gasteiger partial charge on any atom is -0.392 e. The summed E-state index contributed by atoms with van der Waals surface area (Å²) in [5.41, 5.74) is 0. The summed E-state index contributed by atoms with van der Waals surface area (Å²) in [6.07, 6.45) is 3.13. The second-order valence-electron chi connectivity index (χ2n) is 4.49. The van der Waals surface area contributed by atoms with Gasteiger partial charge in [0.05, 0.1) is 6.10 Å². The SMILES string of the molecule is CCC1SCCSC1C(O)CCCS(C)(=O)=O. The fourth-order valence-electron chi connectivity index (χ4n) is 2.01. The van der Waals surface area contributed by atoms with Crippen LogP contribution in [0.2, 0.25) is 0 Å². The van der Waals surface area contributed by atoms with E-state index in [0.29, 0.717) is 18.1 Å².